The first kappa shape index (κ1) is 18.2. The number of cyclic esters (lactones) is 1. The molecule has 0 fully saturated rings. The highest BCUT2D eigenvalue weighted by Gasteiger charge is 2.52. The number of carbonyl (C=O) groups excluding carboxylic acids is 2. The van der Waals surface area contributed by atoms with Crippen molar-refractivity contribution >= 4 is 33.7 Å². The molecule has 3 aromatic rings. The molecule has 3 heterocycles. The van der Waals surface area contributed by atoms with E-state index in [0.717, 1.165) is 16.3 Å². The van der Waals surface area contributed by atoms with Gasteiger partial charge in [-0.2, -0.15) is 0 Å². The molecule has 0 radical (unpaired) electrons. The first-order valence-corrected chi connectivity index (χ1v) is 8.99. The fourth-order valence-electron chi connectivity index (χ4n) is 3.85. The Morgan fingerprint density at radius 3 is 2.71 bits per heavy atom. The Morgan fingerprint density at radius 2 is 2.00 bits per heavy atom. The maximum Gasteiger partial charge on any atom is 0.337 e. The van der Waals surface area contributed by atoms with Crippen molar-refractivity contribution in [3.8, 4) is 0 Å². The smallest absolute Gasteiger partial charge is 0.337 e. The van der Waals surface area contributed by atoms with Crippen LogP contribution in [-0.4, -0.2) is 36.1 Å². The summed E-state index contributed by atoms with van der Waals surface area (Å²) in [5, 5.41) is 1.95. The number of pyridine rings is 1. The Balaban J connectivity index is 2.00. The summed E-state index contributed by atoms with van der Waals surface area (Å²) in [5.41, 5.74) is 2.85. The van der Waals surface area contributed by atoms with Crippen molar-refractivity contribution in [2.45, 2.75) is 25.6 Å². The third-order valence-corrected chi connectivity index (χ3v) is 5.17. The van der Waals surface area contributed by atoms with Crippen LogP contribution in [0.15, 0.2) is 47.7 Å². The molecular weight excluding hydrogens is 360 g/mol. The topological polar surface area (TPSA) is 90.5 Å². The van der Waals surface area contributed by atoms with Crippen LogP contribution in [0.4, 0.5) is 0 Å². The standard InChI is InChI=1S/C21H20N2O5/c1-4-12-15(11-17(24)26-2)21(27-3,28-20(12)25)19-18-14(9-10-22-19)13-7-5-6-8-16(13)23-18/h5-10,23H,4,11H2,1-3H3. The van der Waals surface area contributed by atoms with Gasteiger partial charge in [-0.15, -0.1) is 0 Å². The molecular formula is C21H20N2O5. The van der Waals surface area contributed by atoms with E-state index in [2.05, 4.69) is 9.97 Å². The van der Waals surface area contributed by atoms with Crippen LogP contribution in [0.25, 0.3) is 21.8 Å². The number of aromatic nitrogens is 2. The number of methoxy groups -OCH3 is 2. The first-order valence-electron chi connectivity index (χ1n) is 8.99. The van der Waals surface area contributed by atoms with Gasteiger partial charge in [0.25, 0.3) is 5.79 Å². The highest BCUT2D eigenvalue weighted by Crippen LogP contribution is 2.46. The molecule has 4 rings (SSSR count). The van der Waals surface area contributed by atoms with Crippen LogP contribution in [0.5, 0.6) is 0 Å². The summed E-state index contributed by atoms with van der Waals surface area (Å²) in [6, 6.07) is 9.74. The van der Waals surface area contributed by atoms with Gasteiger partial charge in [0.05, 0.1) is 19.0 Å². The number of fused-ring (bicyclic) bond motifs is 3. The van der Waals surface area contributed by atoms with E-state index in [0.29, 0.717) is 28.8 Å². The van der Waals surface area contributed by atoms with E-state index in [1.807, 2.05) is 37.3 Å². The number of nitrogens with zero attached hydrogens (tertiary/aromatic N) is 1. The normalized spacial score (nSPS) is 19.5. The molecule has 1 unspecified atom stereocenters. The maximum atomic E-state index is 12.6. The third-order valence-electron chi connectivity index (χ3n) is 5.17. The summed E-state index contributed by atoms with van der Waals surface area (Å²) in [5.74, 6) is -2.58. The molecule has 1 aliphatic rings. The van der Waals surface area contributed by atoms with E-state index >= 15 is 0 Å². The Morgan fingerprint density at radius 1 is 1.21 bits per heavy atom. The summed E-state index contributed by atoms with van der Waals surface area (Å²) in [6.07, 6.45) is 1.92. The monoisotopic (exact) mass is 380 g/mol. The van der Waals surface area contributed by atoms with E-state index in [9.17, 15) is 9.59 Å². The number of esters is 2. The minimum atomic E-state index is -1.59. The van der Waals surface area contributed by atoms with Gasteiger partial charge in [0.15, 0.2) is 0 Å². The number of hydrogen-bond donors (Lipinski definition) is 1. The summed E-state index contributed by atoms with van der Waals surface area (Å²) in [7, 11) is 2.74. The fourth-order valence-corrected chi connectivity index (χ4v) is 3.85. The van der Waals surface area contributed by atoms with Crippen molar-refractivity contribution < 1.29 is 23.8 Å². The van der Waals surface area contributed by atoms with Crippen molar-refractivity contribution in [3.63, 3.8) is 0 Å². The van der Waals surface area contributed by atoms with Crippen LogP contribution in [0, 0.1) is 0 Å². The predicted molar refractivity (Wildman–Crippen MR) is 102 cm³/mol. The first-order chi connectivity index (χ1) is 13.6. The molecule has 1 N–H and O–H groups in total. The van der Waals surface area contributed by atoms with E-state index in [1.165, 1.54) is 14.2 Å². The fraction of sp³-hybridized carbons (Fsp3) is 0.286. The lowest BCUT2D eigenvalue weighted by molar-refractivity contribution is -0.199. The quantitative estimate of drug-likeness (QED) is 0.683. The van der Waals surface area contributed by atoms with Gasteiger partial charge in [-0.3, -0.25) is 9.78 Å². The van der Waals surface area contributed by atoms with Crippen molar-refractivity contribution in [1.29, 1.82) is 0 Å². The van der Waals surface area contributed by atoms with E-state index in [4.69, 9.17) is 14.2 Å². The lowest BCUT2D eigenvalue weighted by Gasteiger charge is -2.28. The molecule has 2 aromatic heterocycles. The predicted octanol–water partition coefficient (Wildman–Crippen LogP) is 3.34. The number of aromatic amines is 1. The average molecular weight is 380 g/mol. The summed E-state index contributed by atoms with van der Waals surface area (Å²) >= 11 is 0. The molecule has 0 amide bonds. The van der Waals surface area contributed by atoms with Gasteiger partial charge < -0.3 is 19.2 Å². The average Bonchev–Trinajstić information content (AvgIpc) is 3.23. The number of H-pyrrole nitrogens is 1. The molecule has 0 aliphatic carbocycles. The Labute approximate surface area is 161 Å². The Kier molecular flexibility index (Phi) is 4.39. The largest absolute Gasteiger partial charge is 0.469 e. The van der Waals surface area contributed by atoms with Gasteiger partial charge in [-0.05, 0) is 18.6 Å². The number of nitrogens with one attached hydrogen (secondary N) is 1. The third kappa shape index (κ3) is 2.51. The van der Waals surface area contributed by atoms with Crippen LogP contribution in [0.2, 0.25) is 0 Å². The highest BCUT2D eigenvalue weighted by molar-refractivity contribution is 6.08. The number of benzene rings is 1. The van der Waals surface area contributed by atoms with Gasteiger partial charge in [-0.25, -0.2) is 4.79 Å². The van der Waals surface area contributed by atoms with Crippen molar-refractivity contribution in [2.24, 2.45) is 0 Å². The Bertz CT molecular complexity index is 1130. The van der Waals surface area contributed by atoms with Crippen LogP contribution in [-0.2, 0) is 29.6 Å². The van der Waals surface area contributed by atoms with Crippen LogP contribution in [0.3, 0.4) is 0 Å². The second kappa shape index (κ2) is 6.76. The van der Waals surface area contributed by atoms with Gasteiger partial charge in [0.2, 0.25) is 0 Å². The molecule has 0 bridgehead atoms. The molecule has 28 heavy (non-hydrogen) atoms. The Hall–Kier alpha value is -3.19. The number of ether oxygens (including phenoxy) is 3. The lowest BCUT2D eigenvalue weighted by Crippen LogP contribution is -2.34. The number of para-hydroxylation sites is 1. The second-order valence-electron chi connectivity index (χ2n) is 6.53. The molecule has 7 nitrogen and oxygen atoms in total. The molecule has 1 aliphatic heterocycles. The van der Waals surface area contributed by atoms with Crippen LogP contribution < -0.4 is 0 Å². The highest BCUT2D eigenvalue weighted by atomic mass is 16.7. The number of carbonyl (C=O) groups is 2. The van der Waals surface area contributed by atoms with Crippen molar-refractivity contribution in [1.82, 2.24) is 9.97 Å². The van der Waals surface area contributed by atoms with Crippen LogP contribution >= 0.6 is 0 Å². The SMILES string of the molecule is CCC1=C(CC(=O)OC)C(OC)(c2nccc3c2[nH]c2ccccc23)OC1=O. The van der Waals surface area contributed by atoms with E-state index < -0.39 is 17.7 Å². The van der Waals surface area contributed by atoms with Gasteiger partial charge in [0.1, 0.15) is 5.69 Å². The maximum absolute atomic E-state index is 12.6. The summed E-state index contributed by atoms with van der Waals surface area (Å²) in [4.78, 5) is 32.5. The molecule has 1 aromatic carbocycles. The molecule has 0 saturated heterocycles. The number of hydrogen-bond acceptors (Lipinski definition) is 6. The molecule has 144 valence electrons. The molecule has 0 spiro atoms. The van der Waals surface area contributed by atoms with Crippen molar-refractivity contribution in [2.75, 3.05) is 14.2 Å². The zero-order valence-corrected chi connectivity index (χ0v) is 15.9. The van der Waals surface area contributed by atoms with Gasteiger partial charge in [0, 0.05) is 40.7 Å². The van der Waals surface area contributed by atoms with Gasteiger partial charge >= 0.3 is 11.9 Å². The van der Waals surface area contributed by atoms with Crippen molar-refractivity contribution in [3.05, 3.63) is 53.4 Å². The zero-order valence-electron chi connectivity index (χ0n) is 15.9. The minimum Gasteiger partial charge on any atom is -0.469 e. The van der Waals surface area contributed by atoms with Gasteiger partial charge in [-0.1, -0.05) is 25.1 Å². The van der Waals surface area contributed by atoms with E-state index in [1.54, 1.807) is 6.20 Å². The van der Waals surface area contributed by atoms with Crippen LogP contribution in [0.1, 0.15) is 25.5 Å². The second-order valence-corrected chi connectivity index (χ2v) is 6.53. The molecule has 7 heteroatoms. The zero-order chi connectivity index (χ0) is 19.9. The van der Waals surface area contributed by atoms with E-state index in [-0.39, 0.29) is 6.42 Å². The summed E-state index contributed by atoms with van der Waals surface area (Å²) in [6.45, 7) is 1.83. The summed E-state index contributed by atoms with van der Waals surface area (Å²) < 4.78 is 16.3. The molecule has 0 saturated carbocycles. The molecule has 1 atom stereocenters. The minimum absolute atomic E-state index is 0.127. The lowest BCUT2D eigenvalue weighted by atomic mass is 9.93. The number of rotatable bonds is 5.